The van der Waals surface area contributed by atoms with Gasteiger partial charge >= 0.3 is 0 Å². The summed E-state index contributed by atoms with van der Waals surface area (Å²) in [5, 5.41) is 28.4. The second kappa shape index (κ2) is 6.26. The fourth-order valence-electron chi connectivity index (χ4n) is 6.21. The van der Waals surface area contributed by atoms with Gasteiger partial charge in [-0.15, -0.1) is 5.73 Å². The van der Waals surface area contributed by atoms with Crippen LogP contribution in [0.2, 0.25) is 0 Å². The molecule has 0 amide bonds. The summed E-state index contributed by atoms with van der Waals surface area (Å²) in [5.41, 5.74) is 4.65. The van der Waals surface area contributed by atoms with E-state index in [9.17, 15) is 19.8 Å². The highest BCUT2D eigenvalue weighted by atomic mass is 16.6. The van der Waals surface area contributed by atoms with Crippen LogP contribution in [0.5, 0.6) is 5.75 Å². The lowest BCUT2D eigenvalue weighted by atomic mass is 9.70. The van der Waals surface area contributed by atoms with Crippen LogP contribution in [0.3, 0.4) is 0 Å². The van der Waals surface area contributed by atoms with Gasteiger partial charge in [0.2, 0.25) is 0 Å². The molecule has 34 heavy (non-hydrogen) atoms. The standard InChI is InChI=1S/C27H20N2O5/c1-13(30)27-20-6-4-2-3-5-7-26(27,34-27)18-10-19(31)21-22(23(18)29-20)25(33)17-9-15-12-28-11-14(15)8-16(17)24(21)32/h2,5,8-10,13,20,28-31H,7,11-12H2,1H3. The van der Waals surface area contributed by atoms with Crippen molar-refractivity contribution < 1.29 is 24.5 Å². The van der Waals surface area contributed by atoms with Crippen LogP contribution in [-0.4, -0.2) is 39.5 Å². The monoisotopic (exact) mass is 452 g/mol. The topological polar surface area (TPSA) is 111 Å². The largest absolute Gasteiger partial charge is 0.507 e. The van der Waals surface area contributed by atoms with Crippen LogP contribution < -0.4 is 10.6 Å². The molecule has 2 aliphatic carbocycles. The maximum absolute atomic E-state index is 13.9. The fraction of sp³-hybridized carbons (Fsp3) is 0.296. The Morgan fingerprint density at radius 2 is 1.82 bits per heavy atom. The lowest BCUT2D eigenvalue weighted by Crippen LogP contribution is -2.51. The third-order valence-electron chi connectivity index (χ3n) is 7.82. The van der Waals surface area contributed by atoms with Gasteiger partial charge in [0.1, 0.15) is 17.4 Å². The highest BCUT2D eigenvalue weighted by Crippen LogP contribution is 2.67. The number of carbonyl (C=O) groups excluding carboxylic acids is 2. The molecular weight excluding hydrogens is 432 g/mol. The zero-order valence-electron chi connectivity index (χ0n) is 18.3. The molecule has 3 aliphatic heterocycles. The molecule has 168 valence electrons. The van der Waals surface area contributed by atoms with Gasteiger partial charge in [0.05, 0.1) is 22.9 Å². The maximum atomic E-state index is 13.9. The molecule has 0 saturated carbocycles. The molecule has 7 rings (SSSR count). The van der Waals surface area contributed by atoms with Gasteiger partial charge in [0.25, 0.3) is 0 Å². The minimum absolute atomic E-state index is 0.00903. The SMILES string of the molecule is CC(O)C12OC13CC=C=CC#CC2Nc1c3cc(O)c2c1C(=O)c1cc3c(cc1C2=O)CNC3. The minimum Gasteiger partial charge on any atom is -0.507 e. The van der Waals surface area contributed by atoms with Crippen molar-refractivity contribution in [1.82, 2.24) is 5.32 Å². The van der Waals surface area contributed by atoms with E-state index in [1.54, 1.807) is 31.2 Å². The Morgan fingerprint density at radius 1 is 1.12 bits per heavy atom. The van der Waals surface area contributed by atoms with Gasteiger partial charge in [-0.3, -0.25) is 9.59 Å². The minimum atomic E-state index is -1.06. The number of fused-ring (bicyclic) bond motifs is 5. The first-order chi connectivity index (χ1) is 16.4. The van der Waals surface area contributed by atoms with E-state index in [0.717, 1.165) is 11.1 Å². The Labute approximate surface area is 195 Å². The van der Waals surface area contributed by atoms with E-state index in [0.29, 0.717) is 41.9 Å². The number of carbonyl (C=O) groups is 2. The molecule has 4 N–H and O–H groups in total. The average molecular weight is 452 g/mol. The molecule has 2 aromatic rings. The zero-order valence-corrected chi connectivity index (χ0v) is 18.3. The summed E-state index contributed by atoms with van der Waals surface area (Å²) < 4.78 is 6.30. The number of nitrogens with one attached hydrogen (secondary N) is 2. The number of phenols is 1. The van der Waals surface area contributed by atoms with Crippen molar-refractivity contribution in [2.24, 2.45) is 0 Å². The van der Waals surface area contributed by atoms with Crippen LogP contribution in [0.1, 0.15) is 61.9 Å². The van der Waals surface area contributed by atoms with Gasteiger partial charge in [0.15, 0.2) is 17.2 Å². The first-order valence-electron chi connectivity index (χ1n) is 11.3. The summed E-state index contributed by atoms with van der Waals surface area (Å²) in [6.07, 6.45) is 2.86. The molecule has 4 atom stereocenters. The van der Waals surface area contributed by atoms with Crippen molar-refractivity contribution >= 4 is 17.3 Å². The Kier molecular flexibility index (Phi) is 3.64. The first kappa shape index (κ1) is 19.8. The summed E-state index contributed by atoms with van der Waals surface area (Å²) >= 11 is 0. The van der Waals surface area contributed by atoms with Gasteiger partial charge in [-0.2, -0.15) is 0 Å². The van der Waals surface area contributed by atoms with E-state index in [4.69, 9.17) is 4.74 Å². The smallest absolute Gasteiger partial charge is 0.198 e. The number of ketones is 2. The number of ether oxygens (including phenoxy) is 1. The summed E-state index contributed by atoms with van der Waals surface area (Å²) in [6.45, 7) is 2.92. The Balaban J connectivity index is 1.50. The number of benzene rings is 2. The molecule has 2 bridgehead atoms. The number of phenolic OH excluding ortho intramolecular Hbond substituents is 1. The van der Waals surface area contributed by atoms with Gasteiger partial charge in [0, 0.05) is 42.3 Å². The van der Waals surface area contributed by atoms with E-state index >= 15 is 0 Å². The molecule has 1 fully saturated rings. The number of hydrogen-bond acceptors (Lipinski definition) is 7. The van der Waals surface area contributed by atoms with Crippen molar-refractivity contribution in [3.05, 3.63) is 75.0 Å². The number of aromatic hydroxyl groups is 1. The Bertz CT molecular complexity index is 1500. The maximum Gasteiger partial charge on any atom is 0.198 e. The molecule has 2 aromatic carbocycles. The summed E-state index contributed by atoms with van der Waals surface area (Å²) in [7, 11) is 0. The van der Waals surface area contributed by atoms with E-state index in [1.165, 1.54) is 6.07 Å². The summed E-state index contributed by atoms with van der Waals surface area (Å²) in [5.74, 6) is 5.04. The Morgan fingerprint density at radius 3 is 2.53 bits per heavy atom. The fourth-order valence-corrected chi connectivity index (χ4v) is 6.21. The zero-order chi connectivity index (χ0) is 23.4. The predicted molar refractivity (Wildman–Crippen MR) is 122 cm³/mol. The van der Waals surface area contributed by atoms with Crippen LogP contribution in [0.4, 0.5) is 5.69 Å². The van der Waals surface area contributed by atoms with Crippen molar-refractivity contribution in [2.45, 2.75) is 49.8 Å². The second-order valence-corrected chi connectivity index (χ2v) is 9.48. The third-order valence-corrected chi connectivity index (χ3v) is 7.82. The molecule has 7 heteroatoms. The second-order valence-electron chi connectivity index (χ2n) is 9.48. The molecule has 0 radical (unpaired) electrons. The highest BCUT2D eigenvalue weighted by Gasteiger charge is 2.78. The van der Waals surface area contributed by atoms with Crippen LogP contribution in [-0.2, 0) is 23.4 Å². The molecular formula is C27H20N2O5. The molecule has 0 spiro atoms. The number of rotatable bonds is 1. The molecule has 3 heterocycles. The number of aliphatic hydroxyl groups excluding tert-OH is 1. The Hall–Kier alpha value is -3.66. The van der Waals surface area contributed by atoms with E-state index in [-0.39, 0.29) is 28.4 Å². The lowest BCUT2D eigenvalue weighted by molar-refractivity contribution is 0.0868. The van der Waals surface area contributed by atoms with Crippen molar-refractivity contribution in [2.75, 3.05) is 5.32 Å². The number of anilines is 1. The van der Waals surface area contributed by atoms with Crippen molar-refractivity contribution in [3.8, 4) is 17.6 Å². The van der Waals surface area contributed by atoms with Crippen LogP contribution >= 0.6 is 0 Å². The quantitative estimate of drug-likeness (QED) is 0.194. The third kappa shape index (κ3) is 2.15. The molecule has 7 nitrogen and oxygen atoms in total. The summed E-state index contributed by atoms with van der Waals surface area (Å²) in [4.78, 5) is 27.4. The molecule has 0 aromatic heterocycles. The first-order valence-corrected chi connectivity index (χ1v) is 11.3. The van der Waals surface area contributed by atoms with Crippen LogP contribution in [0.25, 0.3) is 0 Å². The normalized spacial score (nSPS) is 29.6. The van der Waals surface area contributed by atoms with Crippen molar-refractivity contribution in [1.29, 1.82) is 0 Å². The lowest BCUT2D eigenvalue weighted by Gasteiger charge is -2.36. The number of hydrogen-bond donors (Lipinski definition) is 4. The van der Waals surface area contributed by atoms with E-state index < -0.39 is 23.3 Å². The summed E-state index contributed by atoms with van der Waals surface area (Å²) in [6, 6.07) is 4.41. The number of epoxide rings is 1. The van der Waals surface area contributed by atoms with E-state index in [2.05, 4.69) is 28.2 Å². The van der Waals surface area contributed by atoms with Gasteiger partial charge in [-0.1, -0.05) is 11.8 Å². The van der Waals surface area contributed by atoms with Crippen molar-refractivity contribution in [3.63, 3.8) is 0 Å². The average Bonchev–Trinajstić information content (AvgIpc) is 3.30. The number of aliphatic hydroxyl groups is 1. The van der Waals surface area contributed by atoms with Gasteiger partial charge in [-0.05, 0) is 42.3 Å². The van der Waals surface area contributed by atoms with Gasteiger partial charge < -0.3 is 25.6 Å². The molecule has 4 unspecified atom stereocenters. The predicted octanol–water partition coefficient (Wildman–Crippen LogP) is 2.03. The van der Waals surface area contributed by atoms with Gasteiger partial charge in [-0.25, -0.2) is 0 Å². The van der Waals surface area contributed by atoms with Crippen LogP contribution in [0, 0.1) is 11.8 Å². The highest BCUT2D eigenvalue weighted by molar-refractivity contribution is 6.31. The van der Waals surface area contributed by atoms with E-state index in [1.807, 2.05) is 0 Å². The van der Waals surface area contributed by atoms with Crippen LogP contribution in [0.15, 0.2) is 36.1 Å². The molecule has 5 aliphatic rings. The molecule has 1 saturated heterocycles.